The largest absolute Gasteiger partial charge is 0.490 e. The molecule has 2 aromatic carbocycles. The Morgan fingerprint density at radius 2 is 1.50 bits per heavy atom. The standard InChI is InChI=1S/C25H32N2O3S.C2HF3O2/c1-17-4-9-21(10-5-17)26-24(28)25(14-15-25)20-7-11-22(12-8-20)27-31(29,30)23-13-6-18(2)19(3)16-23;3-2(4,5)1(6)7/h6-8,11-13,16-17,21,27H,4-5,9-10,14-15H2,1-3H3,(H,26,28);(H,6,7). The number of hydrogen-bond acceptors (Lipinski definition) is 4. The maximum absolute atomic E-state index is 13.0. The SMILES string of the molecule is Cc1ccc(S(=O)(=O)Nc2ccc(C3(C(=O)NC4CCC(C)CC4)CC3)cc2)cc1C.O=C(O)C(F)(F)F. The third kappa shape index (κ3) is 7.27. The number of aryl methyl sites for hydroxylation is 2. The Labute approximate surface area is 220 Å². The number of benzene rings is 2. The molecule has 2 aliphatic carbocycles. The number of nitrogens with one attached hydrogen (secondary N) is 2. The summed E-state index contributed by atoms with van der Waals surface area (Å²) in [6, 6.07) is 12.7. The fourth-order valence-corrected chi connectivity index (χ4v) is 5.60. The minimum absolute atomic E-state index is 0.121. The molecule has 208 valence electrons. The first-order valence-corrected chi connectivity index (χ1v) is 13.9. The van der Waals surface area contributed by atoms with Crippen molar-refractivity contribution >= 4 is 27.6 Å². The fourth-order valence-electron chi connectivity index (χ4n) is 4.45. The molecule has 0 aromatic heterocycles. The van der Waals surface area contributed by atoms with Crippen LogP contribution in [-0.2, 0) is 25.0 Å². The summed E-state index contributed by atoms with van der Waals surface area (Å²) in [5.74, 6) is -1.88. The first-order valence-electron chi connectivity index (χ1n) is 12.5. The topological polar surface area (TPSA) is 113 Å². The number of anilines is 1. The number of carbonyl (C=O) groups excluding carboxylic acids is 1. The van der Waals surface area contributed by atoms with E-state index in [1.165, 1.54) is 12.8 Å². The van der Waals surface area contributed by atoms with Gasteiger partial charge in [-0.2, -0.15) is 13.2 Å². The van der Waals surface area contributed by atoms with Crippen molar-refractivity contribution in [3.8, 4) is 0 Å². The number of carboxylic acid groups (broad SMARTS) is 1. The highest BCUT2D eigenvalue weighted by atomic mass is 32.2. The van der Waals surface area contributed by atoms with E-state index < -0.39 is 27.6 Å². The number of rotatable bonds is 6. The van der Waals surface area contributed by atoms with Crippen LogP contribution in [0.4, 0.5) is 18.9 Å². The second-order valence-corrected chi connectivity index (χ2v) is 11.9. The Morgan fingerprint density at radius 1 is 0.947 bits per heavy atom. The highest BCUT2D eigenvalue weighted by Gasteiger charge is 2.51. The van der Waals surface area contributed by atoms with Gasteiger partial charge in [0, 0.05) is 11.7 Å². The number of sulfonamides is 1. The van der Waals surface area contributed by atoms with Crippen LogP contribution >= 0.6 is 0 Å². The monoisotopic (exact) mass is 554 g/mol. The van der Waals surface area contributed by atoms with Crippen molar-refractivity contribution in [2.75, 3.05) is 4.72 Å². The summed E-state index contributed by atoms with van der Waals surface area (Å²) < 4.78 is 59.9. The van der Waals surface area contributed by atoms with Crippen LogP contribution in [-0.4, -0.2) is 37.6 Å². The van der Waals surface area contributed by atoms with Crippen LogP contribution in [0.1, 0.15) is 62.1 Å². The van der Waals surface area contributed by atoms with E-state index in [1.54, 1.807) is 24.3 Å². The third-order valence-electron chi connectivity index (χ3n) is 7.26. The maximum atomic E-state index is 13.0. The van der Waals surface area contributed by atoms with Crippen LogP contribution in [0.2, 0.25) is 0 Å². The summed E-state index contributed by atoms with van der Waals surface area (Å²) >= 11 is 0. The molecule has 0 bridgehead atoms. The van der Waals surface area contributed by atoms with Crippen molar-refractivity contribution in [1.82, 2.24) is 5.32 Å². The zero-order chi connectivity index (χ0) is 28.3. The number of carboxylic acids is 1. The van der Waals surface area contributed by atoms with Gasteiger partial charge < -0.3 is 10.4 Å². The zero-order valence-electron chi connectivity index (χ0n) is 21.6. The molecule has 2 aliphatic rings. The van der Waals surface area contributed by atoms with Crippen molar-refractivity contribution in [2.24, 2.45) is 5.92 Å². The van der Waals surface area contributed by atoms with Crippen LogP contribution in [0.15, 0.2) is 47.4 Å². The number of amides is 1. The van der Waals surface area contributed by atoms with Gasteiger partial charge in [0.1, 0.15) is 0 Å². The lowest BCUT2D eigenvalue weighted by atomic mass is 9.86. The Bertz CT molecular complexity index is 1260. The van der Waals surface area contributed by atoms with Crippen molar-refractivity contribution in [3.63, 3.8) is 0 Å². The molecule has 0 heterocycles. The normalized spacial score (nSPS) is 20.5. The van der Waals surface area contributed by atoms with E-state index in [4.69, 9.17) is 9.90 Å². The van der Waals surface area contributed by atoms with Gasteiger partial charge in [-0.25, -0.2) is 13.2 Å². The van der Waals surface area contributed by atoms with Crippen molar-refractivity contribution < 1.29 is 36.3 Å². The second-order valence-electron chi connectivity index (χ2n) is 10.2. The number of hydrogen-bond donors (Lipinski definition) is 3. The summed E-state index contributed by atoms with van der Waals surface area (Å²) in [5, 5.41) is 10.4. The molecule has 0 saturated heterocycles. The molecular formula is C27H33F3N2O5S. The highest BCUT2D eigenvalue weighted by molar-refractivity contribution is 7.92. The van der Waals surface area contributed by atoms with Crippen LogP contribution < -0.4 is 10.0 Å². The summed E-state index contributed by atoms with van der Waals surface area (Å²) in [4.78, 5) is 22.2. The second kappa shape index (κ2) is 11.3. The van der Waals surface area contributed by atoms with E-state index in [0.29, 0.717) is 5.69 Å². The molecule has 2 saturated carbocycles. The van der Waals surface area contributed by atoms with Gasteiger partial charge in [0.05, 0.1) is 10.3 Å². The number of alkyl halides is 3. The van der Waals surface area contributed by atoms with Crippen molar-refractivity contribution in [2.45, 2.75) is 81.8 Å². The van der Waals surface area contributed by atoms with E-state index in [2.05, 4.69) is 17.0 Å². The fraction of sp³-hybridized carbons (Fsp3) is 0.481. The molecule has 1 amide bonds. The molecule has 4 rings (SSSR count). The maximum Gasteiger partial charge on any atom is 0.490 e. The average Bonchev–Trinajstić information content (AvgIpc) is 3.64. The third-order valence-corrected chi connectivity index (χ3v) is 8.64. The molecule has 0 atom stereocenters. The molecule has 0 unspecified atom stereocenters. The van der Waals surface area contributed by atoms with E-state index >= 15 is 0 Å². The predicted octanol–water partition coefficient (Wildman–Crippen LogP) is 5.46. The minimum Gasteiger partial charge on any atom is -0.475 e. The summed E-state index contributed by atoms with van der Waals surface area (Å²) in [6.07, 6.45) is 1.07. The van der Waals surface area contributed by atoms with Crippen LogP contribution in [0.5, 0.6) is 0 Å². The first kappa shape index (κ1) is 29.5. The van der Waals surface area contributed by atoms with Crippen LogP contribution in [0.25, 0.3) is 0 Å². The summed E-state index contributed by atoms with van der Waals surface area (Å²) in [5.41, 5.74) is 3.00. The molecule has 38 heavy (non-hydrogen) atoms. The highest BCUT2D eigenvalue weighted by Crippen LogP contribution is 2.49. The number of aliphatic carboxylic acids is 1. The molecule has 0 spiro atoms. The number of carbonyl (C=O) groups is 2. The van der Waals surface area contributed by atoms with E-state index in [9.17, 15) is 26.4 Å². The molecule has 2 fully saturated rings. The Kier molecular flexibility index (Phi) is 8.80. The van der Waals surface area contributed by atoms with Crippen molar-refractivity contribution in [3.05, 3.63) is 59.2 Å². The zero-order valence-corrected chi connectivity index (χ0v) is 22.4. The van der Waals surface area contributed by atoms with Gasteiger partial charge in [0.2, 0.25) is 5.91 Å². The smallest absolute Gasteiger partial charge is 0.475 e. The van der Waals surface area contributed by atoms with Gasteiger partial charge in [-0.15, -0.1) is 0 Å². The Morgan fingerprint density at radius 3 is 1.97 bits per heavy atom. The van der Waals surface area contributed by atoms with Crippen molar-refractivity contribution in [1.29, 1.82) is 0 Å². The summed E-state index contributed by atoms with van der Waals surface area (Å²) in [6.45, 7) is 6.13. The van der Waals surface area contributed by atoms with E-state index in [0.717, 1.165) is 48.3 Å². The molecule has 0 aliphatic heterocycles. The quantitative estimate of drug-likeness (QED) is 0.439. The lowest BCUT2D eigenvalue weighted by molar-refractivity contribution is -0.192. The van der Waals surface area contributed by atoms with Crippen LogP contribution in [0, 0.1) is 19.8 Å². The lowest BCUT2D eigenvalue weighted by Crippen LogP contribution is -2.43. The molecule has 3 N–H and O–H groups in total. The molecule has 11 heteroatoms. The Balaban J connectivity index is 0.000000505. The summed E-state index contributed by atoms with van der Waals surface area (Å²) in [7, 11) is -3.65. The molecule has 2 aromatic rings. The average molecular weight is 555 g/mol. The van der Waals surface area contributed by atoms with Gasteiger partial charge in [0.25, 0.3) is 10.0 Å². The van der Waals surface area contributed by atoms with Gasteiger partial charge in [-0.05, 0) is 99.2 Å². The molecule has 0 radical (unpaired) electrons. The number of halogens is 3. The van der Waals surface area contributed by atoms with E-state index in [1.807, 2.05) is 32.0 Å². The van der Waals surface area contributed by atoms with Gasteiger partial charge in [-0.1, -0.05) is 25.1 Å². The molecular weight excluding hydrogens is 521 g/mol. The predicted molar refractivity (Wildman–Crippen MR) is 137 cm³/mol. The van der Waals surface area contributed by atoms with E-state index in [-0.39, 0.29) is 16.8 Å². The van der Waals surface area contributed by atoms with Gasteiger partial charge in [0.15, 0.2) is 0 Å². The minimum atomic E-state index is -5.08. The first-order chi connectivity index (χ1) is 17.6. The van der Waals surface area contributed by atoms with Gasteiger partial charge >= 0.3 is 12.1 Å². The molecule has 7 nitrogen and oxygen atoms in total. The lowest BCUT2D eigenvalue weighted by Gasteiger charge is -2.28. The van der Waals surface area contributed by atoms with Crippen LogP contribution in [0.3, 0.4) is 0 Å². The Hall–Kier alpha value is -3.08. The van der Waals surface area contributed by atoms with Gasteiger partial charge in [-0.3, -0.25) is 9.52 Å².